The van der Waals surface area contributed by atoms with Crippen LogP contribution in [0, 0.1) is 0 Å². The maximum atomic E-state index is 12.3. The minimum absolute atomic E-state index is 0.0138. The van der Waals surface area contributed by atoms with Crippen molar-refractivity contribution in [3.8, 4) is 5.75 Å². The molecule has 3 aromatic rings. The second-order valence-corrected chi connectivity index (χ2v) is 5.71. The van der Waals surface area contributed by atoms with Crippen LogP contribution in [0.5, 0.6) is 5.75 Å². The number of nitrogens with zero attached hydrogens (tertiary/aromatic N) is 1. The minimum Gasteiger partial charge on any atom is -0.422 e. The Balaban J connectivity index is 1.94. The van der Waals surface area contributed by atoms with Crippen LogP contribution in [0.1, 0.15) is 15.9 Å². The summed E-state index contributed by atoms with van der Waals surface area (Å²) in [6.45, 7) is 0. The van der Waals surface area contributed by atoms with Gasteiger partial charge in [-0.25, -0.2) is 4.79 Å². The number of carbonyl (C=O) groups excluding carboxylic acids is 2. The number of hydrogen-bond acceptors (Lipinski definition) is 3. The third kappa shape index (κ3) is 3.15. The van der Waals surface area contributed by atoms with Crippen molar-refractivity contribution in [1.82, 2.24) is 9.88 Å². The number of carbonyl (C=O) groups is 2. The number of hydrogen-bond donors (Lipinski definition) is 1. The van der Waals surface area contributed by atoms with Gasteiger partial charge in [0, 0.05) is 31.2 Å². The Morgan fingerprint density at radius 1 is 1.04 bits per heavy atom. The molecule has 122 valence electrons. The summed E-state index contributed by atoms with van der Waals surface area (Å²) in [5.41, 5.74) is 2.12. The second-order valence-electron chi connectivity index (χ2n) is 5.71. The fourth-order valence-electron chi connectivity index (χ4n) is 2.50. The van der Waals surface area contributed by atoms with Crippen LogP contribution in [0.4, 0.5) is 0 Å². The molecule has 1 aromatic heterocycles. The van der Waals surface area contributed by atoms with Crippen molar-refractivity contribution in [3.05, 3.63) is 65.9 Å². The zero-order chi connectivity index (χ0) is 17.1. The van der Waals surface area contributed by atoms with E-state index in [2.05, 4.69) is 4.98 Å². The molecule has 0 unspecified atom stereocenters. The Kier molecular flexibility index (Phi) is 4.33. The van der Waals surface area contributed by atoms with Crippen molar-refractivity contribution < 1.29 is 14.3 Å². The summed E-state index contributed by atoms with van der Waals surface area (Å²) in [6, 6.07) is 14.3. The lowest BCUT2D eigenvalue weighted by Crippen LogP contribution is -2.23. The first kappa shape index (κ1) is 15.8. The van der Waals surface area contributed by atoms with Crippen LogP contribution in [0.15, 0.2) is 54.7 Å². The van der Waals surface area contributed by atoms with Gasteiger partial charge in [0.05, 0.1) is 12.0 Å². The molecule has 3 rings (SSSR count). The normalized spacial score (nSPS) is 10.6. The maximum absolute atomic E-state index is 12.3. The van der Waals surface area contributed by atoms with Crippen molar-refractivity contribution in [1.29, 1.82) is 0 Å². The highest BCUT2D eigenvalue weighted by atomic mass is 16.5. The molecule has 0 saturated heterocycles. The molecule has 2 aromatic carbocycles. The molecule has 0 spiro atoms. The van der Waals surface area contributed by atoms with Gasteiger partial charge in [-0.3, -0.25) is 4.79 Å². The van der Waals surface area contributed by atoms with Crippen LogP contribution in [0.25, 0.3) is 10.9 Å². The van der Waals surface area contributed by atoms with Gasteiger partial charge in [0.25, 0.3) is 0 Å². The molecule has 0 bridgehead atoms. The van der Waals surface area contributed by atoms with Gasteiger partial charge in [0.1, 0.15) is 5.75 Å². The number of ether oxygens (including phenoxy) is 1. The predicted octanol–water partition coefficient (Wildman–Crippen LogP) is 3.02. The summed E-state index contributed by atoms with van der Waals surface area (Å²) in [7, 11) is 3.43. The van der Waals surface area contributed by atoms with E-state index in [1.54, 1.807) is 50.6 Å². The van der Waals surface area contributed by atoms with Crippen molar-refractivity contribution in [2.45, 2.75) is 6.42 Å². The summed E-state index contributed by atoms with van der Waals surface area (Å²) in [5, 5.41) is 0.761. The average Bonchev–Trinajstić information content (AvgIpc) is 2.99. The lowest BCUT2D eigenvalue weighted by molar-refractivity contribution is -0.127. The van der Waals surface area contributed by atoms with Crippen LogP contribution >= 0.6 is 0 Å². The quantitative estimate of drug-likeness (QED) is 0.593. The number of likely N-dealkylation sites (N-methyl/N-ethyl adjacent to an activating group) is 1. The van der Waals surface area contributed by atoms with Crippen molar-refractivity contribution in [2.75, 3.05) is 14.1 Å². The van der Waals surface area contributed by atoms with Crippen molar-refractivity contribution in [2.24, 2.45) is 0 Å². The predicted molar refractivity (Wildman–Crippen MR) is 92.1 cm³/mol. The summed E-state index contributed by atoms with van der Waals surface area (Å²) in [4.78, 5) is 29.0. The number of nitrogens with one attached hydrogen (secondary N) is 1. The number of aromatic amines is 1. The first-order valence-corrected chi connectivity index (χ1v) is 7.62. The van der Waals surface area contributed by atoms with Gasteiger partial charge in [-0.2, -0.15) is 0 Å². The number of esters is 1. The SMILES string of the molecule is CN(C)C(=O)Cc1c[nH]c2cccc(OC(=O)c3ccccc3)c12. The number of amides is 1. The number of benzene rings is 2. The Bertz CT molecular complexity index is 882. The molecular formula is C19H18N2O3. The Morgan fingerprint density at radius 3 is 2.50 bits per heavy atom. The van der Waals surface area contributed by atoms with E-state index in [4.69, 9.17) is 4.74 Å². The molecule has 0 atom stereocenters. The molecule has 24 heavy (non-hydrogen) atoms. The van der Waals surface area contributed by atoms with Crippen LogP contribution < -0.4 is 4.74 Å². The number of aromatic nitrogens is 1. The van der Waals surface area contributed by atoms with Gasteiger partial charge >= 0.3 is 5.97 Å². The first-order chi connectivity index (χ1) is 11.6. The van der Waals surface area contributed by atoms with E-state index in [1.165, 1.54) is 4.90 Å². The summed E-state index contributed by atoms with van der Waals surface area (Å²) in [5.74, 6) is 0.0124. The van der Waals surface area contributed by atoms with Crippen LogP contribution in [0.3, 0.4) is 0 Å². The highest BCUT2D eigenvalue weighted by Gasteiger charge is 2.16. The van der Waals surface area contributed by atoms with E-state index in [-0.39, 0.29) is 12.3 Å². The molecule has 5 nitrogen and oxygen atoms in total. The minimum atomic E-state index is -0.422. The van der Waals surface area contributed by atoms with Crippen LogP contribution in [-0.2, 0) is 11.2 Å². The zero-order valence-electron chi connectivity index (χ0n) is 13.6. The van der Waals surface area contributed by atoms with Gasteiger partial charge in [-0.05, 0) is 29.8 Å². The lowest BCUT2D eigenvalue weighted by atomic mass is 10.1. The van der Waals surface area contributed by atoms with E-state index >= 15 is 0 Å². The van der Waals surface area contributed by atoms with Crippen LogP contribution in [0.2, 0.25) is 0 Å². The second kappa shape index (κ2) is 6.58. The largest absolute Gasteiger partial charge is 0.422 e. The topological polar surface area (TPSA) is 62.4 Å². The number of fused-ring (bicyclic) bond motifs is 1. The first-order valence-electron chi connectivity index (χ1n) is 7.62. The molecule has 1 heterocycles. The monoisotopic (exact) mass is 322 g/mol. The van der Waals surface area contributed by atoms with Gasteiger partial charge < -0.3 is 14.6 Å². The summed E-state index contributed by atoms with van der Waals surface area (Å²) < 4.78 is 5.57. The molecule has 0 aliphatic heterocycles. The third-order valence-corrected chi connectivity index (χ3v) is 3.80. The fourth-order valence-corrected chi connectivity index (χ4v) is 2.50. The van der Waals surface area contributed by atoms with Crippen molar-refractivity contribution >= 4 is 22.8 Å². The van der Waals surface area contributed by atoms with Crippen LogP contribution in [-0.4, -0.2) is 35.9 Å². The Morgan fingerprint density at radius 2 is 1.79 bits per heavy atom. The van der Waals surface area contributed by atoms with Gasteiger partial charge in [0.2, 0.25) is 5.91 Å². The molecule has 1 N–H and O–H groups in total. The van der Waals surface area contributed by atoms with E-state index in [0.29, 0.717) is 11.3 Å². The standard InChI is InChI=1S/C19H18N2O3/c1-21(2)17(22)11-14-12-20-15-9-6-10-16(18(14)15)24-19(23)13-7-4-3-5-8-13/h3-10,12,20H,11H2,1-2H3. The van der Waals surface area contributed by atoms with Gasteiger partial charge in [0.15, 0.2) is 0 Å². The Labute approximate surface area is 139 Å². The molecule has 5 heteroatoms. The molecule has 0 fully saturated rings. The zero-order valence-corrected chi connectivity index (χ0v) is 13.6. The van der Waals surface area contributed by atoms with E-state index in [9.17, 15) is 9.59 Å². The summed E-state index contributed by atoms with van der Waals surface area (Å²) >= 11 is 0. The molecule has 0 saturated carbocycles. The number of rotatable bonds is 4. The average molecular weight is 322 g/mol. The molecule has 1 amide bonds. The van der Waals surface area contributed by atoms with E-state index in [1.807, 2.05) is 18.2 Å². The lowest BCUT2D eigenvalue weighted by Gasteiger charge is -2.11. The molecule has 0 radical (unpaired) electrons. The van der Waals surface area contributed by atoms with Gasteiger partial charge in [-0.15, -0.1) is 0 Å². The smallest absolute Gasteiger partial charge is 0.343 e. The van der Waals surface area contributed by atoms with E-state index < -0.39 is 5.97 Å². The number of H-pyrrole nitrogens is 1. The third-order valence-electron chi connectivity index (χ3n) is 3.80. The molecule has 0 aliphatic rings. The highest BCUT2D eigenvalue weighted by molar-refractivity contribution is 5.97. The molecule has 0 aliphatic carbocycles. The van der Waals surface area contributed by atoms with Crippen molar-refractivity contribution in [3.63, 3.8) is 0 Å². The fraction of sp³-hybridized carbons (Fsp3) is 0.158. The van der Waals surface area contributed by atoms with E-state index in [0.717, 1.165) is 16.5 Å². The maximum Gasteiger partial charge on any atom is 0.343 e. The molecular weight excluding hydrogens is 304 g/mol. The highest BCUT2D eigenvalue weighted by Crippen LogP contribution is 2.30. The summed E-state index contributed by atoms with van der Waals surface area (Å²) in [6.07, 6.45) is 2.03. The Hall–Kier alpha value is -3.08. The van der Waals surface area contributed by atoms with Gasteiger partial charge in [-0.1, -0.05) is 24.3 Å².